The fourth-order valence-electron chi connectivity index (χ4n) is 1.72. The third-order valence-electron chi connectivity index (χ3n) is 2.51. The fourth-order valence-corrected chi connectivity index (χ4v) is 1.72. The molecule has 4 N–H and O–H groups in total. The van der Waals surface area contributed by atoms with Crippen molar-refractivity contribution >= 4 is 5.91 Å². The van der Waals surface area contributed by atoms with E-state index in [0.29, 0.717) is 26.3 Å². The molecule has 0 saturated carbocycles. The van der Waals surface area contributed by atoms with Crippen molar-refractivity contribution in [3.8, 4) is 0 Å². The number of nitrogens with one attached hydrogen (secondary N) is 1. The maximum atomic E-state index is 11.9. The largest absolute Gasteiger partial charge is 0.394 e. The van der Waals surface area contributed by atoms with Gasteiger partial charge in [-0.05, 0) is 18.3 Å². The molecule has 0 bridgehead atoms. The molecule has 0 heterocycles. The van der Waals surface area contributed by atoms with Crippen molar-refractivity contribution in [2.24, 2.45) is 17.1 Å². The molecule has 0 aromatic rings. The Bertz CT molecular complexity index is 227. The molecule has 0 aliphatic heterocycles. The number of aliphatic hydroxyl groups excluding tert-OH is 1. The number of carbonyl (C=O) groups excluding carboxylic acids is 1. The summed E-state index contributed by atoms with van der Waals surface area (Å²) in [7, 11) is 0. The van der Waals surface area contributed by atoms with Crippen molar-refractivity contribution in [1.29, 1.82) is 0 Å². The van der Waals surface area contributed by atoms with Crippen LogP contribution in [0.4, 0.5) is 0 Å². The monoisotopic (exact) mass is 260 g/mol. The van der Waals surface area contributed by atoms with E-state index in [-0.39, 0.29) is 23.8 Å². The van der Waals surface area contributed by atoms with Crippen LogP contribution < -0.4 is 11.1 Å². The summed E-state index contributed by atoms with van der Waals surface area (Å²) >= 11 is 0. The van der Waals surface area contributed by atoms with E-state index in [9.17, 15) is 4.79 Å². The van der Waals surface area contributed by atoms with E-state index in [1.54, 1.807) is 0 Å². The van der Waals surface area contributed by atoms with Crippen LogP contribution in [0.25, 0.3) is 0 Å². The van der Waals surface area contributed by atoms with Crippen molar-refractivity contribution in [3.63, 3.8) is 0 Å². The lowest BCUT2D eigenvalue weighted by Gasteiger charge is -2.24. The molecule has 0 aromatic carbocycles. The molecule has 0 aliphatic carbocycles. The Hall–Kier alpha value is -0.650. The third-order valence-corrected chi connectivity index (χ3v) is 2.51. The molecule has 5 nitrogen and oxygen atoms in total. The SMILES string of the molecule is CC(C)(C)CC(CN)C(=O)NCCCOCCO. The summed E-state index contributed by atoms with van der Waals surface area (Å²) in [5, 5.41) is 11.4. The molecule has 0 saturated heterocycles. The number of nitrogens with two attached hydrogens (primary N) is 1. The molecule has 108 valence electrons. The zero-order valence-corrected chi connectivity index (χ0v) is 11.9. The van der Waals surface area contributed by atoms with Gasteiger partial charge in [0, 0.05) is 19.7 Å². The Morgan fingerprint density at radius 3 is 2.56 bits per heavy atom. The molecule has 0 spiro atoms. The lowest BCUT2D eigenvalue weighted by molar-refractivity contribution is -0.125. The molecule has 1 atom stereocenters. The molecule has 5 heteroatoms. The van der Waals surface area contributed by atoms with Gasteiger partial charge in [-0.1, -0.05) is 20.8 Å². The van der Waals surface area contributed by atoms with E-state index in [4.69, 9.17) is 15.6 Å². The predicted molar refractivity (Wildman–Crippen MR) is 72.1 cm³/mol. The molecule has 1 amide bonds. The van der Waals surface area contributed by atoms with Crippen LogP contribution >= 0.6 is 0 Å². The zero-order chi connectivity index (χ0) is 14.0. The van der Waals surface area contributed by atoms with Gasteiger partial charge >= 0.3 is 0 Å². The quantitative estimate of drug-likeness (QED) is 0.527. The normalized spacial score (nSPS) is 13.4. The van der Waals surface area contributed by atoms with Crippen LogP contribution in [0.5, 0.6) is 0 Å². The van der Waals surface area contributed by atoms with Gasteiger partial charge in [0.05, 0.1) is 19.1 Å². The van der Waals surface area contributed by atoms with E-state index >= 15 is 0 Å². The van der Waals surface area contributed by atoms with E-state index < -0.39 is 0 Å². The smallest absolute Gasteiger partial charge is 0.224 e. The molecule has 0 fully saturated rings. The number of hydrogen-bond acceptors (Lipinski definition) is 4. The second-order valence-corrected chi connectivity index (χ2v) is 5.68. The van der Waals surface area contributed by atoms with Gasteiger partial charge in [-0.2, -0.15) is 0 Å². The minimum absolute atomic E-state index is 0.0228. The summed E-state index contributed by atoms with van der Waals surface area (Å²) in [5.41, 5.74) is 5.74. The van der Waals surface area contributed by atoms with Crippen molar-refractivity contribution in [2.45, 2.75) is 33.6 Å². The first-order chi connectivity index (χ1) is 8.40. The molecule has 0 rings (SSSR count). The molecule has 1 unspecified atom stereocenters. The van der Waals surface area contributed by atoms with Gasteiger partial charge in [-0.3, -0.25) is 4.79 Å². The maximum absolute atomic E-state index is 11.9. The van der Waals surface area contributed by atoms with Gasteiger partial charge < -0.3 is 20.9 Å². The van der Waals surface area contributed by atoms with Gasteiger partial charge in [0.25, 0.3) is 0 Å². The topological polar surface area (TPSA) is 84.6 Å². The van der Waals surface area contributed by atoms with E-state index in [2.05, 4.69) is 26.1 Å². The summed E-state index contributed by atoms with van der Waals surface area (Å²) in [6.07, 6.45) is 1.54. The van der Waals surface area contributed by atoms with Gasteiger partial charge in [-0.25, -0.2) is 0 Å². The number of ether oxygens (including phenoxy) is 1. The minimum Gasteiger partial charge on any atom is -0.394 e. The summed E-state index contributed by atoms with van der Waals surface area (Å²) in [4.78, 5) is 11.9. The van der Waals surface area contributed by atoms with Crippen LogP contribution in [-0.2, 0) is 9.53 Å². The van der Waals surface area contributed by atoms with Crippen LogP contribution in [0.3, 0.4) is 0 Å². The number of rotatable bonds is 9. The van der Waals surface area contributed by atoms with E-state index in [1.165, 1.54) is 0 Å². The number of hydrogen-bond donors (Lipinski definition) is 3. The molecule has 18 heavy (non-hydrogen) atoms. The average Bonchev–Trinajstić information content (AvgIpc) is 2.29. The van der Waals surface area contributed by atoms with Crippen LogP contribution in [-0.4, -0.2) is 43.9 Å². The van der Waals surface area contributed by atoms with Gasteiger partial charge in [0.2, 0.25) is 5.91 Å². The first-order valence-electron chi connectivity index (χ1n) is 6.57. The first-order valence-corrected chi connectivity index (χ1v) is 6.57. The van der Waals surface area contributed by atoms with Gasteiger partial charge in [0.15, 0.2) is 0 Å². The Morgan fingerprint density at radius 2 is 2.06 bits per heavy atom. The molecular weight excluding hydrogens is 232 g/mol. The Morgan fingerprint density at radius 1 is 1.39 bits per heavy atom. The molecule has 0 aliphatic rings. The highest BCUT2D eigenvalue weighted by Crippen LogP contribution is 2.23. The number of aliphatic hydroxyl groups is 1. The Labute approximate surface area is 110 Å². The van der Waals surface area contributed by atoms with Gasteiger partial charge in [0.1, 0.15) is 0 Å². The van der Waals surface area contributed by atoms with Gasteiger partial charge in [-0.15, -0.1) is 0 Å². The van der Waals surface area contributed by atoms with Crippen LogP contribution in [0.2, 0.25) is 0 Å². The highest BCUT2D eigenvalue weighted by molar-refractivity contribution is 5.78. The third kappa shape index (κ3) is 9.39. The van der Waals surface area contributed by atoms with E-state index in [1.807, 2.05) is 0 Å². The molecular formula is C13H28N2O3. The summed E-state index contributed by atoms with van der Waals surface area (Å²) in [5.74, 6) is -0.0991. The first kappa shape index (κ1) is 17.4. The standard InChI is InChI=1S/C13H28N2O3/c1-13(2,3)9-11(10-14)12(17)15-5-4-7-18-8-6-16/h11,16H,4-10,14H2,1-3H3,(H,15,17). The van der Waals surface area contributed by atoms with Crippen molar-refractivity contribution in [3.05, 3.63) is 0 Å². The average molecular weight is 260 g/mol. The summed E-state index contributed by atoms with van der Waals surface area (Å²) in [6, 6.07) is 0. The minimum atomic E-state index is -0.122. The van der Waals surface area contributed by atoms with Crippen molar-refractivity contribution in [1.82, 2.24) is 5.32 Å². The fraction of sp³-hybridized carbons (Fsp3) is 0.923. The molecule has 0 aromatic heterocycles. The molecule has 0 radical (unpaired) electrons. The van der Waals surface area contributed by atoms with Crippen molar-refractivity contribution in [2.75, 3.05) is 32.9 Å². The van der Waals surface area contributed by atoms with Crippen LogP contribution in [0.15, 0.2) is 0 Å². The second kappa shape index (κ2) is 9.30. The Balaban J connectivity index is 3.77. The second-order valence-electron chi connectivity index (χ2n) is 5.68. The lowest BCUT2D eigenvalue weighted by Crippen LogP contribution is -2.37. The number of amides is 1. The predicted octanol–water partition coefficient (Wildman–Crippen LogP) is 0.513. The maximum Gasteiger partial charge on any atom is 0.224 e. The van der Waals surface area contributed by atoms with Crippen molar-refractivity contribution < 1.29 is 14.6 Å². The summed E-state index contributed by atoms with van der Waals surface area (Å²) < 4.78 is 5.11. The summed E-state index contributed by atoms with van der Waals surface area (Å²) in [6.45, 7) is 8.21. The Kier molecular flexibility index (Phi) is 8.97. The number of carbonyl (C=O) groups is 1. The highest BCUT2D eigenvalue weighted by Gasteiger charge is 2.23. The lowest BCUT2D eigenvalue weighted by atomic mass is 9.84. The zero-order valence-electron chi connectivity index (χ0n) is 11.9. The van der Waals surface area contributed by atoms with Crippen LogP contribution in [0.1, 0.15) is 33.6 Å². The van der Waals surface area contributed by atoms with E-state index in [0.717, 1.165) is 12.8 Å². The highest BCUT2D eigenvalue weighted by atomic mass is 16.5. The van der Waals surface area contributed by atoms with Crippen LogP contribution in [0, 0.1) is 11.3 Å².